The van der Waals surface area contributed by atoms with Gasteiger partial charge in [0.25, 0.3) is 5.91 Å². The first-order valence-corrected chi connectivity index (χ1v) is 19.8. The van der Waals surface area contributed by atoms with E-state index in [0.717, 1.165) is 59.3 Å². The van der Waals surface area contributed by atoms with Crippen LogP contribution in [0.5, 0.6) is 0 Å². The molecule has 14 heteroatoms. The molecule has 2 fully saturated rings. The molecule has 4 heterocycles. The molecule has 14 nitrogen and oxygen atoms in total. The van der Waals surface area contributed by atoms with Gasteiger partial charge in [-0.3, -0.25) is 9.59 Å². The number of imidazole rings is 2. The van der Waals surface area contributed by atoms with Gasteiger partial charge in [-0.25, -0.2) is 19.6 Å². The molecule has 4 amide bonds. The zero-order valence-electron chi connectivity index (χ0n) is 33.5. The molecule has 2 aliphatic rings. The van der Waals surface area contributed by atoms with Gasteiger partial charge < -0.3 is 39.9 Å². The van der Waals surface area contributed by atoms with Crippen molar-refractivity contribution >= 4 is 24.0 Å². The van der Waals surface area contributed by atoms with Crippen molar-refractivity contribution in [1.82, 2.24) is 40.4 Å². The third kappa shape index (κ3) is 9.15. The lowest BCUT2D eigenvalue weighted by molar-refractivity contribution is -0.135. The lowest BCUT2D eigenvalue weighted by Gasteiger charge is -2.30. The van der Waals surface area contributed by atoms with Crippen molar-refractivity contribution in [2.45, 2.75) is 63.7 Å². The van der Waals surface area contributed by atoms with Gasteiger partial charge in [0.2, 0.25) is 5.91 Å². The van der Waals surface area contributed by atoms with Crippen LogP contribution in [-0.4, -0.2) is 87.1 Å². The number of aromatic nitrogens is 4. The molecule has 2 saturated heterocycles. The number of amides is 4. The number of aromatic amines is 2. The smallest absolute Gasteiger partial charge is 0.407 e. The number of ether oxygens (including phenoxy) is 2. The summed E-state index contributed by atoms with van der Waals surface area (Å²) in [4.78, 5) is 71.2. The SMILES string of the molecule is COC(=O)N[C@H](C(=O)N1CCC[C@H]1c1ncc(-c2ccc(C#Cc3ccc(-c4cnc([C@@H]5CCCN5C(=O)[C@H](NC(=O)OC)c5ccccc5)[nH]4)cc3)cc2)[nH]1)C(C)C. The van der Waals surface area contributed by atoms with Gasteiger partial charge in [-0.05, 0) is 72.6 Å². The topological polar surface area (TPSA) is 175 Å². The molecule has 59 heavy (non-hydrogen) atoms. The number of H-pyrrole nitrogens is 2. The largest absolute Gasteiger partial charge is 0.453 e. The second-order valence-corrected chi connectivity index (χ2v) is 15.0. The van der Waals surface area contributed by atoms with E-state index in [-0.39, 0.29) is 29.8 Å². The molecule has 0 bridgehead atoms. The third-order valence-corrected chi connectivity index (χ3v) is 10.9. The van der Waals surface area contributed by atoms with Crippen molar-refractivity contribution in [3.05, 3.63) is 120 Å². The number of rotatable bonds is 10. The number of carbonyl (C=O) groups is 4. The minimum Gasteiger partial charge on any atom is -0.453 e. The molecule has 0 radical (unpaired) electrons. The van der Waals surface area contributed by atoms with E-state index in [4.69, 9.17) is 9.47 Å². The zero-order chi connectivity index (χ0) is 41.5. The zero-order valence-corrected chi connectivity index (χ0v) is 33.5. The van der Waals surface area contributed by atoms with Crippen molar-refractivity contribution in [2.24, 2.45) is 5.92 Å². The highest BCUT2D eigenvalue weighted by Crippen LogP contribution is 2.35. The molecule has 0 spiro atoms. The van der Waals surface area contributed by atoms with Gasteiger partial charge >= 0.3 is 12.2 Å². The number of hydrogen-bond donors (Lipinski definition) is 4. The summed E-state index contributed by atoms with van der Waals surface area (Å²) in [5.41, 5.74) is 5.92. The number of benzene rings is 3. The standard InChI is InChI=1S/C45H48N8O6/c1-28(2)38(50-44(56)58-3)42(54)52-24-8-12-36(52)40-46-26-34(48-40)31-20-16-29(17-21-31)14-15-30-18-22-32(23-19-30)35-27-47-41(49-35)37-13-9-25-53(37)43(55)39(51-45(57)59-4)33-10-6-5-7-11-33/h5-7,10-11,16-23,26-28,36-39H,8-9,12-13,24-25H2,1-4H3,(H,46,48)(H,47,49)(H,50,56)(H,51,57)/t36-,37-,38-,39+/m0/s1. The third-order valence-electron chi connectivity index (χ3n) is 10.9. The predicted molar refractivity (Wildman–Crippen MR) is 220 cm³/mol. The fraction of sp³-hybridized carbons (Fsp3) is 0.333. The number of likely N-dealkylation sites (tertiary alicyclic amines) is 2. The van der Waals surface area contributed by atoms with Crippen LogP contribution in [0.2, 0.25) is 0 Å². The monoisotopic (exact) mass is 796 g/mol. The first-order chi connectivity index (χ1) is 28.6. The Kier molecular flexibility index (Phi) is 12.4. The molecule has 2 aromatic heterocycles. The molecule has 0 unspecified atom stereocenters. The Bertz CT molecular complexity index is 2330. The van der Waals surface area contributed by atoms with Crippen LogP contribution in [0.4, 0.5) is 9.59 Å². The Morgan fingerprint density at radius 2 is 1.15 bits per heavy atom. The molecule has 5 aromatic rings. The molecular formula is C45H48N8O6. The van der Waals surface area contributed by atoms with Crippen molar-refractivity contribution in [2.75, 3.05) is 27.3 Å². The van der Waals surface area contributed by atoms with Gasteiger partial charge in [0, 0.05) is 24.2 Å². The Hall–Kier alpha value is -6.88. The van der Waals surface area contributed by atoms with E-state index in [1.165, 1.54) is 14.2 Å². The van der Waals surface area contributed by atoms with Gasteiger partial charge in [0.15, 0.2) is 0 Å². The van der Waals surface area contributed by atoms with E-state index in [2.05, 4.69) is 42.4 Å². The molecule has 2 aliphatic heterocycles. The summed E-state index contributed by atoms with van der Waals surface area (Å²) in [6.07, 6.45) is 5.43. The summed E-state index contributed by atoms with van der Waals surface area (Å²) < 4.78 is 9.56. The van der Waals surface area contributed by atoms with Gasteiger partial charge in [-0.1, -0.05) is 80.3 Å². The van der Waals surface area contributed by atoms with E-state index < -0.39 is 24.3 Å². The van der Waals surface area contributed by atoms with Crippen molar-refractivity contribution < 1.29 is 28.7 Å². The molecule has 4 N–H and O–H groups in total. The maximum atomic E-state index is 13.9. The summed E-state index contributed by atoms with van der Waals surface area (Å²) in [5.74, 6) is 7.42. The van der Waals surface area contributed by atoms with Crippen LogP contribution in [0.25, 0.3) is 22.5 Å². The van der Waals surface area contributed by atoms with E-state index in [1.807, 2.05) is 92.7 Å². The van der Waals surface area contributed by atoms with Crippen LogP contribution in [0.3, 0.4) is 0 Å². The van der Waals surface area contributed by atoms with Crippen molar-refractivity contribution in [1.29, 1.82) is 0 Å². The molecule has 0 aliphatic carbocycles. The van der Waals surface area contributed by atoms with Gasteiger partial charge in [-0.2, -0.15) is 0 Å². The van der Waals surface area contributed by atoms with E-state index in [1.54, 1.807) is 22.2 Å². The predicted octanol–water partition coefficient (Wildman–Crippen LogP) is 6.67. The highest BCUT2D eigenvalue weighted by Gasteiger charge is 2.38. The van der Waals surface area contributed by atoms with E-state index in [9.17, 15) is 19.2 Å². The number of hydrogen-bond acceptors (Lipinski definition) is 8. The Morgan fingerprint density at radius 1 is 0.678 bits per heavy atom. The number of nitrogens with zero attached hydrogens (tertiary/aromatic N) is 4. The van der Waals surface area contributed by atoms with Crippen molar-refractivity contribution in [3.8, 4) is 34.4 Å². The lowest BCUT2D eigenvalue weighted by atomic mass is 10.0. The average Bonchev–Trinajstić information content (AvgIpc) is 4.11. The Balaban J connectivity index is 0.979. The van der Waals surface area contributed by atoms with E-state index in [0.29, 0.717) is 30.3 Å². The second kappa shape index (κ2) is 18.1. The van der Waals surface area contributed by atoms with Crippen LogP contribution >= 0.6 is 0 Å². The van der Waals surface area contributed by atoms with Gasteiger partial charge in [0.1, 0.15) is 23.7 Å². The quantitative estimate of drug-likeness (QED) is 0.113. The highest BCUT2D eigenvalue weighted by molar-refractivity contribution is 5.88. The second-order valence-electron chi connectivity index (χ2n) is 15.0. The Labute approximate surface area is 343 Å². The maximum absolute atomic E-state index is 13.9. The van der Waals surface area contributed by atoms with Crippen LogP contribution in [0.15, 0.2) is 91.3 Å². The average molecular weight is 797 g/mol. The molecule has 304 valence electrons. The van der Waals surface area contributed by atoms with Crippen molar-refractivity contribution in [3.63, 3.8) is 0 Å². The number of methoxy groups -OCH3 is 2. The van der Waals surface area contributed by atoms with Gasteiger partial charge in [-0.15, -0.1) is 0 Å². The highest BCUT2D eigenvalue weighted by atomic mass is 16.5. The summed E-state index contributed by atoms with van der Waals surface area (Å²) >= 11 is 0. The first kappa shape index (κ1) is 40.3. The minimum atomic E-state index is -0.883. The number of nitrogens with one attached hydrogen (secondary N) is 4. The number of carbonyl (C=O) groups excluding carboxylic acids is 4. The van der Waals surface area contributed by atoms with Crippen LogP contribution in [0, 0.1) is 17.8 Å². The maximum Gasteiger partial charge on any atom is 0.407 e. The molecule has 3 aromatic carbocycles. The molecule has 0 saturated carbocycles. The summed E-state index contributed by atoms with van der Waals surface area (Å²) in [5, 5.41) is 5.39. The van der Waals surface area contributed by atoms with Crippen LogP contribution in [-0.2, 0) is 19.1 Å². The molecule has 7 rings (SSSR count). The summed E-state index contributed by atoms with van der Waals surface area (Å²) in [6, 6.07) is 22.9. The summed E-state index contributed by atoms with van der Waals surface area (Å²) in [7, 11) is 2.56. The minimum absolute atomic E-state index is 0.109. The summed E-state index contributed by atoms with van der Waals surface area (Å²) in [6.45, 7) is 4.93. The van der Waals surface area contributed by atoms with Crippen LogP contribution < -0.4 is 10.6 Å². The van der Waals surface area contributed by atoms with E-state index >= 15 is 0 Å². The number of alkyl carbamates (subject to hydrolysis) is 2. The molecular weight excluding hydrogens is 749 g/mol. The first-order valence-electron chi connectivity index (χ1n) is 19.8. The van der Waals surface area contributed by atoms with Crippen LogP contribution in [0.1, 0.15) is 86.0 Å². The molecule has 4 atom stereocenters. The lowest BCUT2D eigenvalue weighted by Crippen LogP contribution is -2.51. The fourth-order valence-electron chi connectivity index (χ4n) is 7.70. The fourth-order valence-corrected chi connectivity index (χ4v) is 7.70. The Morgan fingerprint density at radius 3 is 1.63 bits per heavy atom. The van der Waals surface area contributed by atoms with Gasteiger partial charge in [0.05, 0.1) is 50.1 Å². The normalized spacial score (nSPS) is 17.2.